The Labute approximate surface area is 148 Å². The lowest BCUT2D eigenvalue weighted by molar-refractivity contribution is 0.271. The standard InChI is InChI=1S/C22H25NO2/c1-15(2)14-25-19-10-11-21-18(12-19)13-20(17-8-6-5-7-9-17)22(24)23(21)16(3)4/h5-13,15-16H,14H2,1-4H3. The van der Waals surface area contributed by atoms with Crippen molar-refractivity contribution in [3.05, 3.63) is 65.0 Å². The normalized spacial score (nSPS) is 11.4. The first-order valence-corrected chi connectivity index (χ1v) is 8.85. The fourth-order valence-corrected chi connectivity index (χ4v) is 3.01. The highest BCUT2D eigenvalue weighted by Gasteiger charge is 2.13. The quantitative estimate of drug-likeness (QED) is 0.635. The summed E-state index contributed by atoms with van der Waals surface area (Å²) in [4.78, 5) is 13.1. The molecule has 3 heteroatoms. The summed E-state index contributed by atoms with van der Waals surface area (Å²) in [6.07, 6.45) is 0. The summed E-state index contributed by atoms with van der Waals surface area (Å²) in [5, 5.41) is 1.02. The molecular weight excluding hydrogens is 310 g/mol. The summed E-state index contributed by atoms with van der Waals surface area (Å²) in [5.74, 6) is 1.31. The summed E-state index contributed by atoms with van der Waals surface area (Å²) >= 11 is 0. The molecule has 0 radical (unpaired) electrons. The van der Waals surface area contributed by atoms with Crippen LogP contribution in [-0.4, -0.2) is 11.2 Å². The Bertz CT molecular complexity index is 924. The maximum atomic E-state index is 13.1. The molecule has 2 aromatic carbocycles. The first-order chi connectivity index (χ1) is 12.0. The van der Waals surface area contributed by atoms with E-state index in [2.05, 4.69) is 13.8 Å². The molecule has 25 heavy (non-hydrogen) atoms. The van der Waals surface area contributed by atoms with Crippen molar-refractivity contribution >= 4 is 10.9 Å². The van der Waals surface area contributed by atoms with Crippen LogP contribution in [0.3, 0.4) is 0 Å². The highest BCUT2D eigenvalue weighted by Crippen LogP contribution is 2.26. The fraction of sp³-hybridized carbons (Fsp3) is 0.318. The largest absolute Gasteiger partial charge is 0.493 e. The van der Waals surface area contributed by atoms with Crippen LogP contribution in [0.2, 0.25) is 0 Å². The first kappa shape index (κ1) is 17.3. The van der Waals surface area contributed by atoms with Gasteiger partial charge in [-0.15, -0.1) is 0 Å². The first-order valence-electron chi connectivity index (χ1n) is 8.85. The molecule has 3 aromatic rings. The van der Waals surface area contributed by atoms with Gasteiger partial charge in [0.05, 0.1) is 12.1 Å². The van der Waals surface area contributed by atoms with E-state index in [1.165, 1.54) is 0 Å². The van der Waals surface area contributed by atoms with Gasteiger partial charge in [0.15, 0.2) is 0 Å². The predicted molar refractivity (Wildman–Crippen MR) is 104 cm³/mol. The summed E-state index contributed by atoms with van der Waals surface area (Å²) < 4.78 is 7.73. The zero-order valence-corrected chi connectivity index (χ0v) is 15.3. The number of nitrogens with zero attached hydrogens (tertiary/aromatic N) is 1. The number of hydrogen-bond donors (Lipinski definition) is 0. The second-order valence-corrected chi connectivity index (χ2v) is 7.12. The lowest BCUT2D eigenvalue weighted by Gasteiger charge is -2.17. The molecule has 0 saturated carbocycles. The van der Waals surface area contributed by atoms with Gasteiger partial charge in [-0.3, -0.25) is 4.79 Å². The van der Waals surface area contributed by atoms with Crippen LogP contribution in [0, 0.1) is 5.92 Å². The molecule has 0 unspecified atom stereocenters. The lowest BCUT2D eigenvalue weighted by Crippen LogP contribution is -2.23. The van der Waals surface area contributed by atoms with Crippen molar-refractivity contribution in [1.29, 1.82) is 0 Å². The molecule has 0 saturated heterocycles. The summed E-state index contributed by atoms with van der Waals surface area (Å²) in [6.45, 7) is 9.02. The second kappa shape index (κ2) is 7.14. The van der Waals surface area contributed by atoms with Gasteiger partial charge in [0.25, 0.3) is 5.56 Å². The topological polar surface area (TPSA) is 31.2 Å². The smallest absolute Gasteiger partial charge is 0.259 e. The van der Waals surface area contributed by atoms with Crippen LogP contribution in [0.15, 0.2) is 59.4 Å². The van der Waals surface area contributed by atoms with Crippen LogP contribution in [0.25, 0.3) is 22.0 Å². The van der Waals surface area contributed by atoms with Gasteiger partial charge in [-0.2, -0.15) is 0 Å². The molecule has 0 aliphatic carbocycles. The molecule has 0 aliphatic rings. The van der Waals surface area contributed by atoms with E-state index in [1.54, 1.807) is 0 Å². The lowest BCUT2D eigenvalue weighted by atomic mass is 10.0. The van der Waals surface area contributed by atoms with E-state index in [4.69, 9.17) is 4.74 Å². The van der Waals surface area contributed by atoms with Gasteiger partial charge in [-0.05, 0) is 49.6 Å². The monoisotopic (exact) mass is 335 g/mol. The predicted octanol–water partition coefficient (Wildman–Crippen LogP) is 5.28. The summed E-state index contributed by atoms with van der Waals surface area (Å²) in [6, 6.07) is 17.9. The highest BCUT2D eigenvalue weighted by atomic mass is 16.5. The molecule has 0 amide bonds. The van der Waals surface area contributed by atoms with Gasteiger partial charge in [0, 0.05) is 17.0 Å². The van der Waals surface area contributed by atoms with Crippen LogP contribution in [0.4, 0.5) is 0 Å². The highest BCUT2D eigenvalue weighted by molar-refractivity contribution is 5.85. The Morgan fingerprint density at radius 3 is 2.32 bits per heavy atom. The Morgan fingerprint density at radius 2 is 1.68 bits per heavy atom. The molecular formula is C22H25NO2. The van der Waals surface area contributed by atoms with E-state index in [0.29, 0.717) is 12.5 Å². The third-order valence-electron chi connectivity index (χ3n) is 4.19. The molecule has 0 aliphatic heterocycles. The molecule has 0 fully saturated rings. The van der Waals surface area contributed by atoms with Gasteiger partial charge in [0.1, 0.15) is 5.75 Å². The van der Waals surface area contributed by atoms with Crippen molar-refractivity contribution in [2.75, 3.05) is 6.61 Å². The van der Waals surface area contributed by atoms with E-state index < -0.39 is 0 Å². The van der Waals surface area contributed by atoms with E-state index >= 15 is 0 Å². The Hall–Kier alpha value is -2.55. The van der Waals surface area contributed by atoms with Crippen molar-refractivity contribution in [2.45, 2.75) is 33.7 Å². The fourth-order valence-electron chi connectivity index (χ4n) is 3.01. The molecule has 3 nitrogen and oxygen atoms in total. The Balaban J connectivity index is 2.20. The number of ether oxygens (including phenoxy) is 1. The average molecular weight is 335 g/mol. The number of hydrogen-bond acceptors (Lipinski definition) is 2. The van der Waals surface area contributed by atoms with Crippen molar-refractivity contribution in [1.82, 2.24) is 4.57 Å². The summed E-state index contributed by atoms with van der Waals surface area (Å²) in [7, 11) is 0. The molecule has 0 spiro atoms. The van der Waals surface area contributed by atoms with Crippen molar-refractivity contribution in [3.63, 3.8) is 0 Å². The number of aromatic nitrogens is 1. The van der Waals surface area contributed by atoms with Gasteiger partial charge >= 0.3 is 0 Å². The molecule has 130 valence electrons. The minimum atomic E-state index is 0.0459. The number of rotatable bonds is 5. The SMILES string of the molecule is CC(C)COc1ccc2c(c1)cc(-c1ccccc1)c(=O)n2C(C)C. The molecule has 1 aromatic heterocycles. The van der Waals surface area contributed by atoms with E-state index in [0.717, 1.165) is 27.8 Å². The minimum Gasteiger partial charge on any atom is -0.493 e. The zero-order chi connectivity index (χ0) is 18.0. The van der Waals surface area contributed by atoms with Crippen molar-refractivity contribution < 1.29 is 4.74 Å². The maximum absolute atomic E-state index is 13.1. The minimum absolute atomic E-state index is 0.0459. The van der Waals surface area contributed by atoms with Crippen LogP contribution in [-0.2, 0) is 0 Å². The van der Waals surface area contributed by atoms with Crippen LogP contribution in [0.5, 0.6) is 5.75 Å². The number of fused-ring (bicyclic) bond motifs is 1. The van der Waals surface area contributed by atoms with Crippen LogP contribution >= 0.6 is 0 Å². The van der Waals surface area contributed by atoms with Crippen LogP contribution < -0.4 is 10.3 Å². The molecule has 0 atom stereocenters. The van der Waals surface area contributed by atoms with E-state index in [9.17, 15) is 4.79 Å². The summed E-state index contributed by atoms with van der Waals surface area (Å²) in [5.41, 5.74) is 2.65. The van der Waals surface area contributed by atoms with Crippen molar-refractivity contribution in [3.8, 4) is 16.9 Å². The third kappa shape index (κ3) is 3.60. The Morgan fingerprint density at radius 1 is 0.960 bits per heavy atom. The van der Waals surface area contributed by atoms with E-state index in [1.807, 2.05) is 73.0 Å². The number of benzene rings is 2. The molecule has 1 heterocycles. The van der Waals surface area contributed by atoms with Gasteiger partial charge < -0.3 is 9.30 Å². The average Bonchev–Trinajstić information content (AvgIpc) is 2.59. The van der Waals surface area contributed by atoms with E-state index in [-0.39, 0.29) is 11.6 Å². The zero-order valence-electron chi connectivity index (χ0n) is 15.3. The second-order valence-electron chi connectivity index (χ2n) is 7.12. The van der Waals surface area contributed by atoms with Gasteiger partial charge in [-0.25, -0.2) is 0 Å². The Kier molecular flexibility index (Phi) is 4.93. The van der Waals surface area contributed by atoms with Gasteiger partial charge in [-0.1, -0.05) is 44.2 Å². The number of pyridine rings is 1. The maximum Gasteiger partial charge on any atom is 0.259 e. The molecule has 0 N–H and O–H groups in total. The molecule has 0 bridgehead atoms. The van der Waals surface area contributed by atoms with Crippen molar-refractivity contribution in [2.24, 2.45) is 5.92 Å². The third-order valence-corrected chi connectivity index (χ3v) is 4.19. The van der Waals surface area contributed by atoms with Crippen LogP contribution in [0.1, 0.15) is 33.7 Å². The molecule has 3 rings (SSSR count). The van der Waals surface area contributed by atoms with Gasteiger partial charge in [0.2, 0.25) is 0 Å².